The zero-order chi connectivity index (χ0) is 13.8. The number of ketones is 1. The van der Waals surface area contributed by atoms with E-state index in [2.05, 4.69) is 0 Å². The van der Waals surface area contributed by atoms with Gasteiger partial charge in [-0.2, -0.15) is 0 Å². The summed E-state index contributed by atoms with van der Waals surface area (Å²) < 4.78 is 0. The Bertz CT molecular complexity index is 612. The third-order valence-electron chi connectivity index (χ3n) is 2.88. The number of carbonyl (C=O) groups excluding carboxylic acids is 1. The number of carbonyl (C=O) groups is 2. The third-order valence-corrected chi connectivity index (χ3v) is 2.88. The van der Waals surface area contributed by atoms with Crippen LogP contribution in [0.3, 0.4) is 0 Å². The molecule has 0 aromatic heterocycles. The Morgan fingerprint density at radius 2 is 1.68 bits per heavy atom. The van der Waals surface area contributed by atoms with Crippen molar-refractivity contribution in [3.8, 4) is 11.1 Å². The second kappa shape index (κ2) is 5.48. The summed E-state index contributed by atoms with van der Waals surface area (Å²) in [5, 5.41) is 8.64. The molecule has 0 atom stereocenters. The highest BCUT2D eigenvalue weighted by Crippen LogP contribution is 2.21. The fraction of sp³-hybridized carbons (Fsp3) is 0.125. The predicted molar refractivity (Wildman–Crippen MR) is 73.2 cm³/mol. The summed E-state index contributed by atoms with van der Waals surface area (Å²) >= 11 is 0. The van der Waals surface area contributed by atoms with Crippen LogP contribution in [-0.4, -0.2) is 16.9 Å². The first kappa shape index (κ1) is 13.0. The molecule has 2 aromatic rings. The Hall–Kier alpha value is -2.42. The lowest BCUT2D eigenvalue weighted by Crippen LogP contribution is -2.06. The maximum absolute atomic E-state index is 11.7. The molecule has 0 spiro atoms. The summed E-state index contributed by atoms with van der Waals surface area (Å²) in [4.78, 5) is 22.3. The lowest BCUT2D eigenvalue weighted by molar-refractivity contribution is -0.135. The van der Waals surface area contributed by atoms with Crippen molar-refractivity contribution in [2.24, 2.45) is 0 Å². The lowest BCUT2D eigenvalue weighted by Gasteiger charge is -2.05. The van der Waals surface area contributed by atoms with Crippen LogP contribution in [0, 0.1) is 6.92 Å². The quantitative estimate of drug-likeness (QED) is 0.672. The molecule has 0 saturated heterocycles. The molecule has 0 radical (unpaired) electrons. The first-order chi connectivity index (χ1) is 9.06. The van der Waals surface area contributed by atoms with E-state index in [1.54, 1.807) is 18.2 Å². The SMILES string of the molecule is Cc1ccc(-c2cccc(C(=O)CC(=O)O)c2)cc1. The van der Waals surface area contributed by atoms with Crippen molar-refractivity contribution in [1.29, 1.82) is 0 Å². The largest absolute Gasteiger partial charge is 0.481 e. The van der Waals surface area contributed by atoms with Gasteiger partial charge in [-0.25, -0.2) is 0 Å². The number of benzene rings is 2. The molecule has 3 nitrogen and oxygen atoms in total. The molecule has 0 aliphatic carbocycles. The molecule has 1 N–H and O–H groups in total. The number of hydrogen-bond acceptors (Lipinski definition) is 2. The molecule has 96 valence electrons. The van der Waals surface area contributed by atoms with E-state index in [1.165, 1.54) is 5.56 Å². The summed E-state index contributed by atoms with van der Waals surface area (Å²) in [5.41, 5.74) is 3.52. The van der Waals surface area contributed by atoms with Gasteiger partial charge in [-0.1, -0.05) is 48.0 Å². The highest BCUT2D eigenvalue weighted by molar-refractivity contribution is 6.06. The van der Waals surface area contributed by atoms with Crippen molar-refractivity contribution in [3.05, 3.63) is 59.7 Å². The second-order valence-corrected chi connectivity index (χ2v) is 4.44. The summed E-state index contributed by atoms with van der Waals surface area (Å²) in [5.74, 6) is -1.48. The maximum atomic E-state index is 11.7. The Labute approximate surface area is 111 Å². The summed E-state index contributed by atoms with van der Waals surface area (Å²) in [6, 6.07) is 15.0. The molecule has 0 amide bonds. The molecule has 0 saturated carbocycles. The number of aryl methyl sites for hydroxylation is 1. The van der Waals surface area contributed by atoms with Gasteiger partial charge < -0.3 is 5.11 Å². The van der Waals surface area contributed by atoms with Crippen LogP contribution in [0.25, 0.3) is 11.1 Å². The van der Waals surface area contributed by atoms with Gasteiger partial charge in [-0.3, -0.25) is 9.59 Å². The molecular formula is C16H14O3. The van der Waals surface area contributed by atoms with Gasteiger partial charge in [-0.15, -0.1) is 0 Å². The van der Waals surface area contributed by atoms with E-state index in [4.69, 9.17) is 5.11 Å². The van der Waals surface area contributed by atoms with Gasteiger partial charge in [0, 0.05) is 5.56 Å². The smallest absolute Gasteiger partial charge is 0.311 e. The van der Waals surface area contributed by atoms with E-state index in [-0.39, 0.29) is 5.78 Å². The Morgan fingerprint density at radius 1 is 1.00 bits per heavy atom. The summed E-state index contributed by atoms with van der Waals surface area (Å²) in [7, 11) is 0. The van der Waals surface area contributed by atoms with Crippen molar-refractivity contribution >= 4 is 11.8 Å². The monoisotopic (exact) mass is 254 g/mol. The molecule has 0 aliphatic heterocycles. The summed E-state index contributed by atoms with van der Waals surface area (Å²) in [6.07, 6.45) is -0.475. The number of rotatable bonds is 4. The fourth-order valence-electron chi connectivity index (χ4n) is 1.86. The average molecular weight is 254 g/mol. The van der Waals surface area contributed by atoms with Crippen molar-refractivity contribution in [3.63, 3.8) is 0 Å². The molecule has 3 heteroatoms. The first-order valence-electron chi connectivity index (χ1n) is 5.98. The topological polar surface area (TPSA) is 54.4 Å². The molecule has 0 bridgehead atoms. The van der Waals surface area contributed by atoms with Crippen LogP contribution in [0.1, 0.15) is 22.3 Å². The number of carboxylic acids is 1. The zero-order valence-electron chi connectivity index (χ0n) is 10.6. The van der Waals surface area contributed by atoms with Crippen LogP contribution in [0.2, 0.25) is 0 Å². The van der Waals surface area contributed by atoms with E-state index in [1.807, 2.05) is 37.3 Å². The Morgan fingerprint density at radius 3 is 2.32 bits per heavy atom. The highest BCUT2D eigenvalue weighted by atomic mass is 16.4. The summed E-state index contributed by atoms with van der Waals surface area (Å²) in [6.45, 7) is 2.01. The second-order valence-electron chi connectivity index (χ2n) is 4.44. The first-order valence-corrected chi connectivity index (χ1v) is 5.98. The molecule has 2 rings (SSSR count). The predicted octanol–water partition coefficient (Wildman–Crippen LogP) is 3.32. The standard InChI is InChI=1S/C16H14O3/c1-11-5-7-12(8-6-11)13-3-2-4-14(9-13)15(17)10-16(18)19/h2-9H,10H2,1H3,(H,18,19). The molecule has 0 fully saturated rings. The minimum absolute atomic E-state index is 0.374. The molecule has 0 unspecified atom stereocenters. The number of aliphatic carboxylic acids is 1. The van der Waals surface area contributed by atoms with Crippen LogP contribution in [-0.2, 0) is 4.79 Å². The van der Waals surface area contributed by atoms with E-state index in [9.17, 15) is 9.59 Å². The Kier molecular flexibility index (Phi) is 3.76. The van der Waals surface area contributed by atoms with Crippen LogP contribution in [0.4, 0.5) is 0 Å². The minimum Gasteiger partial charge on any atom is -0.481 e. The number of Topliss-reactive ketones (excluding diaryl/α,β-unsaturated/α-hetero) is 1. The van der Waals surface area contributed by atoms with Gasteiger partial charge in [0.05, 0.1) is 0 Å². The maximum Gasteiger partial charge on any atom is 0.311 e. The van der Waals surface area contributed by atoms with Crippen molar-refractivity contribution in [1.82, 2.24) is 0 Å². The van der Waals surface area contributed by atoms with Crippen LogP contribution in [0.15, 0.2) is 48.5 Å². The van der Waals surface area contributed by atoms with Crippen molar-refractivity contribution < 1.29 is 14.7 Å². The molecule has 0 heterocycles. The number of hydrogen-bond donors (Lipinski definition) is 1. The van der Waals surface area contributed by atoms with Crippen LogP contribution >= 0.6 is 0 Å². The van der Waals surface area contributed by atoms with Gasteiger partial charge in [0.2, 0.25) is 0 Å². The molecule has 0 aliphatic rings. The van der Waals surface area contributed by atoms with Crippen molar-refractivity contribution in [2.75, 3.05) is 0 Å². The number of carboxylic acid groups (broad SMARTS) is 1. The molecule has 19 heavy (non-hydrogen) atoms. The van der Waals surface area contributed by atoms with E-state index in [0.717, 1.165) is 11.1 Å². The third kappa shape index (κ3) is 3.28. The van der Waals surface area contributed by atoms with E-state index in [0.29, 0.717) is 5.56 Å². The molecule has 2 aromatic carbocycles. The normalized spacial score (nSPS) is 10.2. The van der Waals surface area contributed by atoms with Gasteiger partial charge >= 0.3 is 5.97 Å². The Balaban J connectivity index is 2.31. The van der Waals surface area contributed by atoms with Crippen LogP contribution < -0.4 is 0 Å². The van der Waals surface area contributed by atoms with E-state index < -0.39 is 12.4 Å². The highest BCUT2D eigenvalue weighted by Gasteiger charge is 2.11. The van der Waals surface area contributed by atoms with Gasteiger partial charge in [0.15, 0.2) is 5.78 Å². The molecular weight excluding hydrogens is 240 g/mol. The van der Waals surface area contributed by atoms with E-state index >= 15 is 0 Å². The van der Waals surface area contributed by atoms with Gasteiger partial charge in [0.25, 0.3) is 0 Å². The fourth-order valence-corrected chi connectivity index (χ4v) is 1.86. The lowest BCUT2D eigenvalue weighted by atomic mass is 9.99. The van der Waals surface area contributed by atoms with Crippen molar-refractivity contribution in [2.45, 2.75) is 13.3 Å². The zero-order valence-corrected chi connectivity index (χ0v) is 10.6. The average Bonchev–Trinajstić information content (AvgIpc) is 2.39. The van der Waals surface area contributed by atoms with Gasteiger partial charge in [-0.05, 0) is 24.1 Å². The van der Waals surface area contributed by atoms with Crippen LogP contribution in [0.5, 0.6) is 0 Å². The van der Waals surface area contributed by atoms with Gasteiger partial charge in [0.1, 0.15) is 6.42 Å². The minimum atomic E-state index is -1.11.